The number of halogens is 1. The molecule has 1 aliphatic heterocycles. The molecule has 1 aromatic carbocycles. The summed E-state index contributed by atoms with van der Waals surface area (Å²) in [7, 11) is 1.57. The average Bonchev–Trinajstić information content (AvgIpc) is 3.16. The molecule has 0 saturated carbocycles. The molecule has 4 heterocycles. The fourth-order valence-electron chi connectivity index (χ4n) is 4.43. The van der Waals surface area contributed by atoms with Crippen LogP contribution in [0.15, 0.2) is 36.4 Å². The summed E-state index contributed by atoms with van der Waals surface area (Å²) in [6, 6.07) is 11.6. The molecule has 0 bridgehead atoms. The summed E-state index contributed by atoms with van der Waals surface area (Å²) in [6.45, 7) is 9.39. The monoisotopic (exact) mass is 465 g/mol. The molecule has 5 rings (SSSR count). The minimum absolute atomic E-state index is 0.232. The molecule has 34 heavy (non-hydrogen) atoms. The number of aromatic nitrogens is 3. The first-order chi connectivity index (χ1) is 16.2. The topological polar surface area (TPSA) is 101 Å². The predicted octanol–water partition coefficient (Wildman–Crippen LogP) is 3.07. The van der Waals surface area contributed by atoms with Crippen molar-refractivity contribution in [1.29, 1.82) is 0 Å². The van der Waals surface area contributed by atoms with Crippen LogP contribution in [0.2, 0.25) is 0 Å². The molecule has 1 fully saturated rings. The van der Waals surface area contributed by atoms with Gasteiger partial charge >= 0.3 is 0 Å². The molecule has 3 aromatic heterocycles. The molecule has 9 heteroatoms. The quantitative estimate of drug-likeness (QED) is 0.421. The number of carbonyl (C=O) groups is 1. The first-order valence-corrected chi connectivity index (χ1v) is 11.6. The second-order valence-corrected chi connectivity index (χ2v) is 9.22. The number of fused-ring (bicyclic) bond motifs is 5. The number of para-hydroxylation sites is 2. The second-order valence-electron chi connectivity index (χ2n) is 9.22. The summed E-state index contributed by atoms with van der Waals surface area (Å²) in [5.41, 5.74) is 8.18. The third-order valence-electron chi connectivity index (χ3n) is 5.61. The number of anilines is 1. The van der Waals surface area contributed by atoms with E-state index < -0.39 is 5.82 Å². The standard InChI is InChI=1S/C22H23FN6O.C3H9N/c1-12-10-28(11-13(2)25-12)21-16(23)9-14-8-15(22(30)24-3)20-26-17-6-4-5-7-18(17)29(20)19(14)27-21;1-3(2)4/h4-9,12-13,25H,10-11H2,1-3H3,(H,24,30);3H,4H2,1-2H3. The van der Waals surface area contributed by atoms with E-state index in [0.717, 1.165) is 11.0 Å². The van der Waals surface area contributed by atoms with Gasteiger partial charge in [-0.2, -0.15) is 0 Å². The lowest BCUT2D eigenvalue weighted by Crippen LogP contribution is -2.54. The fourth-order valence-corrected chi connectivity index (χ4v) is 4.43. The summed E-state index contributed by atoms with van der Waals surface area (Å²) in [6.07, 6.45) is 0. The van der Waals surface area contributed by atoms with Crippen molar-refractivity contribution >= 4 is 39.4 Å². The van der Waals surface area contributed by atoms with E-state index in [2.05, 4.69) is 29.5 Å². The Morgan fingerprint density at radius 1 is 1.15 bits per heavy atom. The van der Waals surface area contributed by atoms with Crippen molar-refractivity contribution < 1.29 is 9.18 Å². The minimum atomic E-state index is -0.393. The summed E-state index contributed by atoms with van der Waals surface area (Å²) in [4.78, 5) is 23.9. The smallest absolute Gasteiger partial charge is 0.254 e. The highest BCUT2D eigenvalue weighted by molar-refractivity contribution is 6.05. The van der Waals surface area contributed by atoms with Crippen molar-refractivity contribution in [2.24, 2.45) is 5.73 Å². The third kappa shape index (κ3) is 4.53. The lowest BCUT2D eigenvalue weighted by atomic mass is 10.1. The number of amides is 1. The van der Waals surface area contributed by atoms with Gasteiger partial charge in [-0.05, 0) is 44.2 Å². The molecule has 2 unspecified atom stereocenters. The molecular formula is C25H32FN7O. The van der Waals surface area contributed by atoms with Crippen molar-refractivity contribution in [2.45, 2.75) is 45.8 Å². The maximum Gasteiger partial charge on any atom is 0.254 e. The Labute approximate surface area is 198 Å². The molecule has 1 saturated heterocycles. The van der Waals surface area contributed by atoms with Crippen LogP contribution in [0.25, 0.3) is 27.7 Å². The number of hydrogen-bond donors (Lipinski definition) is 3. The lowest BCUT2D eigenvalue weighted by Gasteiger charge is -2.37. The van der Waals surface area contributed by atoms with Crippen LogP contribution in [0.3, 0.4) is 0 Å². The highest BCUT2D eigenvalue weighted by atomic mass is 19.1. The van der Waals surface area contributed by atoms with Crippen molar-refractivity contribution in [1.82, 2.24) is 25.0 Å². The normalized spacial score (nSPS) is 18.4. The molecule has 0 spiro atoms. The minimum Gasteiger partial charge on any atom is -0.355 e. The Kier molecular flexibility index (Phi) is 6.67. The van der Waals surface area contributed by atoms with E-state index in [-0.39, 0.29) is 18.0 Å². The summed E-state index contributed by atoms with van der Waals surface area (Å²) in [5, 5.41) is 6.67. The van der Waals surface area contributed by atoms with Crippen molar-refractivity contribution in [3.8, 4) is 0 Å². The third-order valence-corrected chi connectivity index (χ3v) is 5.61. The molecule has 180 valence electrons. The Hall–Kier alpha value is -3.30. The van der Waals surface area contributed by atoms with E-state index >= 15 is 4.39 Å². The number of rotatable bonds is 2. The number of nitrogens with two attached hydrogens (primary N) is 1. The molecule has 1 amide bonds. The van der Waals surface area contributed by atoms with Crippen LogP contribution < -0.4 is 21.3 Å². The highest BCUT2D eigenvalue weighted by Crippen LogP contribution is 2.29. The van der Waals surface area contributed by atoms with Gasteiger partial charge in [-0.1, -0.05) is 26.0 Å². The van der Waals surface area contributed by atoms with Crippen LogP contribution in [0.1, 0.15) is 38.1 Å². The van der Waals surface area contributed by atoms with Crippen molar-refractivity contribution in [3.63, 3.8) is 0 Å². The van der Waals surface area contributed by atoms with Gasteiger partial charge in [0, 0.05) is 37.6 Å². The highest BCUT2D eigenvalue weighted by Gasteiger charge is 2.26. The number of pyridine rings is 2. The molecule has 2 atom stereocenters. The lowest BCUT2D eigenvalue weighted by molar-refractivity contribution is 0.0964. The SMILES string of the molecule is CC(C)N.CNC(=O)c1cc2cc(F)c(N3CC(C)NC(C)C3)nc2n2c1nc1ccccc12. The van der Waals surface area contributed by atoms with E-state index in [4.69, 9.17) is 10.7 Å². The van der Waals surface area contributed by atoms with E-state index in [9.17, 15) is 4.79 Å². The van der Waals surface area contributed by atoms with E-state index in [0.29, 0.717) is 47.2 Å². The van der Waals surface area contributed by atoms with E-state index in [1.54, 1.807) is 13.1 Å². The van der Waals surface area contributed by atoms with Gasteiger partial charge in [0.15, 0.2) is 17.3 Å². The van der Waals surface area contributed by atoms with Gasteiger partial charge in [-0.3, -0.25) is 9.20 Å². The second kappa shape index (κ2) is 9.52. The fraction of sp³-hybridized carbons (Fsp3) is 0.400. The first-order valence-electron chi connectivity index (χ1n) is 11.6. The van der Waals surface area contributed by atoms with E-state index in [1.165, 1.54) is 6.07 Å². The number of imidazole rings is 1. The van der Waals surface area contributed by atoms with Gasteiger partial charge in [0.05, 0.1) is 16.6 Å². The van der Waals surface area contributed by atoms with Gasteiger partial charge in [-0.15, -0.1) is 0 Å². The molecular weight excluding hydrogens is 433 g/mol. The van der Waals surface area contributed by atoms with Crippen LogP contribution in [0, 0.1) is 5.82 Å². The Bertz CT molecular complexity index is 1340. The van der Waals surface area contributed by atoms with Crippen LogP contribution >= 0.6 is 0 Å². The zero-order valence-electron chi connectivity index (χ0n) is 20.3. The summed E-state index contributed by atoms with van der Waals surface area (Å²) >= 11 is 0. The maximum atomic E-state index is 15.2. The van der Waals surface area contributed by atoms with Gasteiger partial charge in [0.25, 0.3) is 5.91 Å². The van der Waals surface area contributed by atoms with Crippen LogP contribution in [-0.4, -0.2) is 58.5 Å². The van der Waals surface area contributed by atoms with Crippen LogP contribution in [-0.2, 0) is 0 Å². The number of carbonyl (C=O) groups excluding carboxylic acids is 1. The summed E-state index contributed by atoms with van der Waals surface area (Å²) in [5.74, 6) is -0.337. The molecule has 0 radical (unpaired) electrons. The number of piperazine rings is 1. The number of nitrogens with one attached hydrogen (secondary N) is 2. The van der Waals surface area contributed by atoms with Crippen molar-refractivity contribution in [3.05, 3.63) is 47.8 Å². The molecule has 0 aliphatic carbocycles. The predicted molar refractivity (Wildman–Crippen MR) is 135 cm³/mol. The van der Waals surface area contributed by atoms with Crippen molar-refractivity contribution in [2.75, 3.05) is 25.0 Å². The first kappa shape index (κ1) is 23.8. The van der Waals surface area contributed by atoms with Crippen LogP contribution in [0.4, 0.5) is 10.2 Å². The van der Waals surface area contributed by atoms with Gasteiger partial charge in [-0.25, -0.2) is 14.4 Å². The average molecular weight is 466 g/mol. The van der Waals surface area contributed by atoms with Crippen LogP contribution in [0.5, 0.6) is 0 Å². The molecule has 4 aromatic rings. The summed E-state index contributed by atoms with van der Waals surface area (Å²) < 4.78 is 17.0. The molecule has 1 aliphatic rings. The Morgan fingerprint density at radius 2 is 1.79 bits per heavy atom. The molecule has 4 N–H and O–H groups in total. The zero-order valence-corrected chi connectivity index (χ0v) is 20.3. The number of nitrogens with zero attached hydrogens (tertiary/aromatic N) is 4. The Morgan fingerprint density at radius 3 is 2.44 bits per heavy atom. The maximum absolute atomic E-state index is 15.2. The zero-order chi connectivity index (χ0) is 24.6. The molecule has 8 nitrogen and oxygen atoms in total. The van der Waals surface area contributed by atoms with Gasteiger partial charge in [0.2, 0.25) is 0 Å². The number of benzene rings is 1. The number of hydrogen-bond acceptors (Lipinski definition) is 6. The van der Waals surface area contributed by atoms with Gasteiger partial charge in [0.1, 0.15) is 5.65 Å². The Balaban J connectivity index is 0.000000636. The largest absolute Gasteiger partial charge is 0.355 e. The van der Waals surface area contributed by atoms with Gasteiger partial charge < -0.3 is 21.3 Å². The van der Waals surface area contributed by atoms with E-state index in [1.807, 2.05) is 47.4 Å².